The minimum atomic E-state index is -0.114. The Morgan fingerprint density at radius 3 is 2.34 bits per heavy atom. The maximum Gasteiger partial charge on any atom is 0.254 e. The first-order chi connectivity index (χ1) is 15.4. The largest absolute Gasteiger partial charge is 0.497 e. The van der Waals surface area contributed by atoms with E-state index in [9.17, 15) is 9.90 Å². The van der Waals surface area contributed by atoms with Crippen LogP contribution in [0.4, 0.5) is 0 Å². The predicted molar refractivity (Wildman–Crippen MR) is 122 cm³/mol. The molecule has 2 aliphatic heterocycles. The second kappa shape index (κ2) is 9.98. The van der Waals surface area contributed by atoms with Crippen LogP contribution in [0.25, 0.3) is 0 Å². The highest BCUT2D eigenvalue weighted by atomic mass is 16.5. The van der Waals surface area contributed by atoms with Gasteiger partial charge < -0.3 is 29.1 Å². The molecule has 2 heterocycles. The van der Waals surface area contributed by atoms with E-state index in [1.807, 2.05) is 4.90 Å². The Balaban J connectivity index is 1.29. The van der Waals surface area contributed by atoms with Crippen LogP contribution in [0.3, 0.4) is 0 Å². The number of carbonyl (C=O) groups is 1. The molecule has 0 bridgehead atoms. The molecular formula is C25H38N2O5. The third-order valence-electron chi connectivity index (χ3n) is 7.78. The molecule has 2 saturated heterocycles. The minimum absolute atomic E-state index is 0.0340. The van der Waals surface area contributed by atoms with Gasteiger partial charge in [0.25, 0.3) is 5.91 Å². The minimum Gasteiger partial charge on any atom is -0.497 e. The second-order valence-corrected chi connectivity index (χ2v) is 9.93. The van der Waals surface area contributed by atoms with E-state index in [0.717, 1.165) is 71.2 Å². The van der Waals surface area contributed by atoms with Crippen molar-refractivity contribution in [2.24, 2.45) is 5.41 Å². The Morgan fingerprint density at radius 2 is 1.75 bits per heavy atom. The van der Waals surface area contributed by atoms with Gasteiger partial charge in [-0.2, -0.15) is 0 Å². The van der Waals surface area contributed by atoms with Gasteiger partial charge in [-0.1, -0.05) is 0 Å². The van der Waals surface area contributed by atoms with Crippen molar-refractivity contribution in [3.05, 3.63) is 23.8 Å². The number of likely N-dealkylation sites (N-methyl/N-ethyl adjacent to an activating group) is 1. The monoisotopic (exact) mass is 446 g/mol. The molecule has 178 valence electrons. The Labute approximate surface area is 191 Å². The Kier molecular flexibility index (Phi) is 7.27. The van der Waals surface area contributed by atoms with Gasteiger partial charge in [0, 0.05) is 37.3 Å². The molecule has 3 aliphatic rings. The van der Waals surface area contributed by atoms with Crippen LogP contribution >= 0.6 is 0 Å². The fraction of sp³-hybridized carbons (Fsp3) is 0.720. The summed E-state index contributed by atoms with van der Waals surface area (Å²) in [5.74, 6) is 1.29. The fourth-order valence-corrected chi connectivity index (χ4v) is 5.63. The summed E-state index contributed by atoms with van der Waals surface area (Å²) in [6, 6.07) is 5.90. The molecule has 0 radical (unpaired) electrons. The van der Waals surface area contributed by atoms with Gasteiger partial charge >= 0.3 is 0 Å². The van der Waals surface area contributed by atoms with Crippen LogP contribution in [0.15, 0.2) is 18.2 Å². The summed E-state index contributed by atoms with van der Waals surface area (Å²) in [5, 5.41) is 9.76. The van der Waals surface area contributed by atoms with E-state index in [0.29, 0.717) is 23.1 Å². The zero-order valence-corrected chi connectivity index (χ0v) is 19.7. The van der Waals surface area contributed by atoms with Gasteiger partial charge in [0.1, 0.15) is 11.5 Å². The first kappa shape index (κ1) is 23.3. The molecule has 1 aromatic rings. The molecule has 0 aromatic heterocycles. The van der Waals surface area contributed by atoms with Crippen LogP contribution in [0.1, 0.15) is 55.3 Å². The van der Waals surface area contributed by atoms with E-state index in [1.54, 1.807) is 32.4 Å². The Bertz CT molecular complexity index is 762. The molecule has 32 heavy (non-hydrogen) atoms. The summed E-state index contributed by atoms with van der Waals surface area (Å²) in [6.45, 7) is 3.26. The normalized spacial score (nSPS) is 27.7. The lowest BCUT2D eigenvalue weighted by Crippen LogP contribution is -2.44. The van der Waals surface area contributed by atoms with Crippen LogP contribution in [0.5, 0.6) is 11.5 Å². The summed E-state index contributed by atoms with van der Waals surface area (Å²) in [6.07, 6.45) is 7.14. The number of methoxy groups -OCH3 is 2. The number of benzene rings is 1. The summed E-state index contributed by atoms with van der Waals surface area (Å²) in [4.78, 5) is 17.5. The third kappa shape index (κ3) is 5.21. The van der Waals surface area contributed by atoms with Crippen molar-refractivity contribution in [2.45, 2.75) is 63.2 Å². The van der Waals surface area contributed by atoms with Gasteiger partial charge in [-0.15, -0.1) is 0 Å². The van der Waals surface area contributed by atoms with E-state index < -0.39 is 0 Å². The zero-order valence-electron chi connectivity index (χ0n) is 19.7. The highest BCUT2D eigenvalue weighted by Gasteiger charge is 2.43. The lowest BCUT2D eigenvalue weighted by Gasteiger charge is -2.39. The van der Waals surface area contributed by atoms with Gasteiger partial charge in [0.2, 0.25) is 0 Å². The highest BCUT2D eigenvalue weighted by molar-refractivity contribution is 5.95. The molecule has 1 saturated carbocycles. The lowest BCUT2D eigenvalue weighted by atomic mass is 9.76. The lowest BCUT2D eigenvalue weighted by molar-refractivity contribution is 0.0336. The number of likely N-dealkylation sites (tertiary alicyclic amines) is 1. The molecule has 1 N–H and O–H groups in total. The third-order valence-corrected chi connectivity index (χ3v) is 7.78. The SMILES string of the molecule is COc1cc(OC)cc(C(=O)N2CCC3(CC2)CO[C@H](CN(C)C2CCC(O)CC2)C3)c1. The van der Waals surface area contributed by atoms with Crippen molar-refractivity contribution in [2.75, 3.05) is 47.5 Å². The molecule has 7 heteroatoms. The average Bonchev–Trinajstić information content (AvgIpc) is 3.20. The van der Waals surface area contributed by atoms with Crippen molar-refractivity contribution < 1.29 is 24.1 Å². The van der Waals surface area contributed by atoms with Crippen LogP contribution in [0, 0.1) is 5.41 Å². The number of ether oxygens (including phenoxy) is 3. The number of rotatable bonds is 6. The van der Waals surface area contributed by atoms with E-state index in [4.69, 9.17) is 14.2 Å². The predicted octanol–water partition coefficient (Wildman–Crippen LogP) is 2.95. The standard InChI is InChI=1S/C25H38N2O5/c1-26(19-4-6-20(28)7-5-19)16-23-15-25(17-32-23)8-10-27(11-9-25)24(29)18-12-21(30-2)14-22(13-18)31-3/h12-14,19-20,23,28H,4-11,15-17H2,1-3H3/t19?,20?,23-/m0/s1. The van der Waals surface area contributed by atoms with Crippen molar-refractivity contribution in [3.8, 4) is 11.5 Å². The maximum absolute atomic E-state index is 13.1. The van der Waals surface area contributed by atoms with Gasteiger partial charge in [-0.05, 0) is 69.5 Å². The number of aliphatic hydroxyl groups is 1. The van der Waals surface area contributed by atoms with E-state index in [-0.39, 0.29) is 23.5 Å². The topological polar surface area (TPSA) is 71.5 Å². The number of hydrogen-bond acceptors (Lipinski definition) is 6. The molecule has 1 atom stereocenters. The van der Waals surface area contributed by atoms with Crippen LogP contribution in [-0.4, -0.2) is 86.6 Å². The Morgan fingerprint density at radius 1 is 1.12 bits per heavy atom. The van der Waals surface area contributed by atoms with Gasteiger partial charge in [-0.3, -0.25) is 4.79 Å². The number of piperidine rings is 1. The first-order valence-corrected chi connectivity index (χ1v) is 11.9. The summed E-state index contributed by atoms with van der Waals surface area (Å²) in [5.41, 5.74) is 0.800. The Hall–Kier alpha value is -1.83. The quantitative estimate of drug-likeness (QED) is 0.725. The fourth-order valence-electron chi connectivity index (χ4n) is 5.63. The number of hydrogen-bond donors (Lipinski definition) is 1. The van der Waals surface area contributed by atoms with Gasteiger partial charge in [0.15, 0.2) is 0 Å². The summed E-state index contributed by atoms with van der Waals surface area (Å²) < 4.78 is 16.9. The smallest absolute Gasteiger partial charge is 0.254 e. The van der Waals surface area contributed by atoms with Crippen molar-refractivity contribution in [1.29, 1.82) is 0 Å². The molecule has 1 amide bonds. The molecule has 3 fully saturated rings. The van der Waals surface area contributed by atoms with Gasteiger partial charge in [0.05, 0.1) is 33.0 Å². The number of nitrogens with zero attached hydrogens (tertiary/aromatic N) is 2. The van der Waals surface area contributed by atoms with Crippen LogP contribution < -0.4 is 9.47 Å². The molecule has 4 rings (SSSR count). The van der Waals surface area contributed by atoms with E-state index in [2.05, 4.69) is 11.9 Å². The molecule has 1 aliphatic carbocycles. The molecule has 1 aromatic carbocycles. The number of amides is 1. The zero-order chi connectivity index (χ0) is 22.7. The maximum atomic E-state index is 13.1. The van der Waals surface area contributed by atoms with Gasteiger partial charge in [-0.25, -0.2) is 0 Å². The average molecular weight is 447 g/mol. The second-order valence-electron chi connectivity index (χ2n) is 9.93. The molecule has 1 spiro atoms. The molecule has 0 unspecified atom stereocenters. The summed E-state index contributed by atoms with van der Waals surface area (Å²) >= 11 is 0. The molecule has 7 nitrogen and oxygen atoms in total. The molecular weight excluding hydrogens is 408 g/mol. The van der Waals surface area contributed by atoms with Crippen molar-refractivity contribution in [1.82, 2.24) is 9.80 Å². The van der Waals surface area contributed by atoms with Crippen molar-refractivity contribution >= 4 is 5.91 Å². The highest BCUT2D eigenvalue weighted by Crippen LogP contribution is 2.42. The van der Waals surface area contributed by atoms with E-state index >= 15 is 0 Å². The van der Waals surface area contributed by atoms with Crippen molar-refractivity contribution in [3.63, 3.8) is 0 Å². The summed E-state index contributed by atoms with van der Waals surface area (Å²) in [7, 11) is 5.39. The number of carbonyl (C=O) groups excluding carboxylic acids is 1. The van der Waals surface area contributed by atoms with Crippen LogP contribution in [-0.2, 0) is 4.74 Å². The first-order valence-electron chi connectivity index (χ1n) is 11.9. The van der Waals surface area contributed by atoms with Crippen LogP contribution in [0.2, 0.25) is 0 Å². The number of aliphatic hydroxyl groups excluding tert-OH is 1. The van der Waals surface area contributed by atoms with E-state index in [1.165, 1.54) is 0 Å².